The summed E-state index contributed by atoms with van der Waals surface area (Å²) in [6, 6.07) is 14.9. The number of rotatable bonds is 7. The van der Waals surface area contributed by atoms with E-state index < -0.39 is 0 Å². The van der Waals surface area contributed by atoms with Gasteiger partial charge < -0.3 is 19.9 Å². The van der Waals surface area contributed by atoms with Crippen LogP contribution >= 0.6 is 0 Å². The molecule has 0 radical (unpaired) electrons. The van der Waals surface area contributed by atoms with Crippen LogP contribution in [0.15, 0.2) is 65.7 Å². The van der Waals surface area contributed by atoms with E-state index in [1.165, 1.54) is 0 Å². The Morgan fingerprint density at radius 1 is 1.16 bits per heavy atom. The number of pyridine rings is 2. The molecule has 1 saturated heterocycles. The average molecular weight is 433 g/mol. The summed E-state index contributed by atoms with van der Waals surface area (Å²) in [6.07, 6.45) is 6.05. The molecule has 0 atom stereocenters. The fourth-order valence-electron chi connectivity index (χ4n) is 3.94. The Morgan fingerprint density at radius 2 is 1.94 bits per heavy atom. The van der Waals surface area contributed by atoms with Gasteiger partial charge in [-0.1, -0.05) is 6.07 Å². The van der Waals surface area contributed by atoms with Gasteiger partial charge in [0.15, 0.2) is 0 Å². The summed E-state index contributed by atoms with van der Waals surface area (Å²) in [5.41, 5.74) is 2.23. The van der Waals surface area contributed by atoms with Crippen LogP contribution < -0.4 is 20.9 Å². The summed E-state index contributed by atoms with van der Waals surface area (Å²) in [5.74, 6) is 0.322. The summed E-state index contributed by atoms with van der Waals surface area (Å²) < 4.78 is 7.47. The van der Waals surface area contributed by atoms with E-state index >= 15 is 0 Å². The number of benzene rings is 1. The number of carbonyl (C=O) groups is 1. The van der Waals surface area contributed by atoms with Gasteiger partial charge in [-0.2, -0.15) is 0 Å². The second kappa shape index (κ2) is 10.2. The predicted molar refractivity (Wildman–Crippen MR) is 124 cm³/mol. The molecule has 0 saturated carbocycles. The van der Waals surface area contributed by atoms with Gasteiger partial charge in [0.2, 0.25) is 0 Å². The number of aromatic nitrogens is 2. The number of nitrogens with one attached hydrogen (secondary N) is 2. The first-order chi connectivity index (χ1) is 15.6. The van der Waals surface area contributed by atoms with Crippen molar-refractivity contribution < 1.29 is 9.53 Å². The maximum Gasteiger partial charge on any atom is 0.263 e. The van der Waals surface area contributed by atoms with Crippen LogP contribution in [-0.2, 0) is 6.42 Å². The monoisotopic (exact) mass is 432 g/mol. The highest BCUT2D eigenvalue weighted by molar-refractivity contribution is 6.05. The van der Waals surface area contributed by atoms with Gasteiger partial charge in [-0.3, -0.25) is 14.6 Å². The molecule has 1 aliphatic heterocycles. The topological polar surface area (TPSA) is 85.2 Å². The van der Waals surface area contributed by atoms with E-state index in [-0.39, 0.29) is 23.1 Å². The molecule has 2 aromatic heterocycles. The van der Waals surface area contributed by atoms with Crippen LogP contribution in [0.2, 0.25) is 0 Å². The number of hydrogen-bond acceptors (Lipinski definition) is 5. The lowest BCUT2D eigenvalue weighted by atomic mass is 10.0. The average Bonchev–Trinajstić information content (AvgIpc) is 2.82. The van der Waals surface area contributed by atoms with Crippen molar-refractivity contribution in [2.45, 2.75) is 32.2 Å². The third kappa shape index (κ3) is 5.23. The van der Waals surface area contributed by atoms with Crippen LogP contribution in [0.5, 0.6) is 5.75 Å². The third-order valence-electron chi connectivity index (χ3n) is 5.72. The van der Waals surface area contributed by atoms with Crippen molar-refractivity contribution >= 4 is 11.6 Å². The van der Waals surface area contributed by atoms with Gasteiger partial charge in [-0.25, -0.2) is 0 Å². The highest BCUT2D eigenvalue weighted by Gasteiger charge is 2.21. The molecule has 1 aromatic carbocycles. The van der Waals surface area contributed by atoms with Crippen LogP contribution in [-0.4, -0.2) is 35.2 Å². The number of carbonyl (C=O) groups excluding carboxylic acids is 1. The molecule has 2 N–H and O–H groups in total. The van der Waals surface area contributed by atoms with Crippen molar-refractivity contribution in [1.29, 1.82) is 0 Å². The minimum absolute atomic E-state index is 0.124. The van der Waals surface area contributed by atoms with Gasteiger partial charge in [0.25, 0.3) is 11.5 Å². The first-order valence-electron chi connectivity index (χ1n) is 11.0. The fraction of sp³-hybridized carbons (Fsp3) is 0.320. The molecule has 1 amide bonds. The Kier molecular flexibility index (Phi) is 6.97. The zero-order valence-corrected chi connectivity index (χ0v) is 18.2. The molecule has 0 bridgehead atoms. The van der Waals surface area contributed by atoms with E-state index in [0.717, 1.165) is 38.0 Å². The van der Waals surface area contributed by atoms with E-state index in [2.05, 4.69) is 15.6 Å². The number of hydrogen-bond donors (Lipinski definition) is 2. The van der Waals surface area contributed by atoms with E-state index in [4.69, 9.17) is 4.74 Å². The molecule has 1 fully saturated rings. The van der Waals surface area contributed by atoms with Crippen molar-refractivity contribution in [3.63, 3.8) is 0 Å². The maximum atomic E-state index is 13.1. The second-order valence-electron chi connectivity index (χ2n) is 7.97. The first kappa shape index (κ1) is 21.8. The third-order valence-corrected chi connectivity index (χ3v) is 5.72. The van der Waals surface area contributed by atoms with Crippen LogP contribution in [0, 0.1) is 6.92 Å². The fourth-order valence-corrected chi connectivity index (χ4v) is 3.94. The van der Waals surface area contributed by atoms with Gasteiger partial charge in [0, 0.05) is 36.2 Å². The highest BCUT2D eigenvalue weighted by Crippen LogP contribution is 2.19. The van der Waals surface area contributed by atoms with Crippen LogP contribution in [0.3, 0.4) is 0 Å². The Labute approximate surface area is 187 Å². The van der Waals surface area contributed by atoms with Crippen LogP contribution in [0.25, 0.3) is 0 Å². The van der Waals surface area contributed by atoms with Gasteiger partial charge in [0.1, 0.15) is 11.3 Å². The zero-order valence-electron chi connectivity index (χ0n) is 18.2. The Morgan fingerprint density at radius 3 is 2.66 bits per heavy atom. The number of aryl methyl sites for hydroxylation is 1. The Bertz CT molecular complexity index is 1100. The van der Waals surface area contributed by atoms with E-state index in [1.807, 2.05) is 30.5 Å². The first-order valence-corrected chi connectivity index (χ1v) is 11.0. The molecule has 32 heavy (non-hydrogen) atoms. The standard InChI is InChI=1S/C25H28N4O3/c1-18-11-16-29(21-9-14-26-15-10-21)25(31)23(18)24(30)28-20-5-7-22(8-6-20)32-17-12-19-4-2-3-13-27-19/h2-8,11,13,16,21,26H,9-10,12,14-15,17H2,1H3,(H,28,30). The second-order valence-corrected chi connectivity index (χ2v) is 7.97. The Hall–Kier alpha value is -3.45. The maximum absolute atomic E-state index is 13.1. The summed E-state index contributed by atoms with van der Waals surface area (Å²) in [5, 5.41) is 6.15. The number of nitrogens with zero attached hydrogens (tertiary/aromatic N) is 2. The number of piperidine rings is 1. The molecule has 4 rings (SSSR count). The molecule has 3 heterocycles. The molecule has 7 heteroatoms. The quantitative estimate of drug-likeness (QED) is 0.598. The summed E-state index contributed by atoms with van der Waals surface area (Å²) in [7, 11) is 0. The van der Waals surface area contributed by atoms with Crippen molar-refractivity contribution in [1.82, 2.24) is 14.9 Å². The van der Waals surface area contributed by atoms with Crippen LogP contribution in [0.1, 0.15) is 40.5 Å². The molecule has 7 nitrogen and oxygen atoms in total. The summed E-state index contributed by atoms with van der Waals surface area (Å²) in [4.78, 5) is 30.3. The van der Waals surface area contributed by atoms with Crippen LogP contribution in [0.4, 0.5) is 5.69 Å². The molecule has 0 unspecified atom stereocenters. The summed E-state index contributed by atoms with van der Waals surface area (Å²) in [6.45, 7) is 4.06. The minimum atomic E-state index is -0.389. The highest BCUT2D eigenvalue weighted by atomic mass is 16.5. The molecule has 1 aliphatic rings. The van der Waals surface area contributed by atoms with Gasteiger partial charge in [-0.05, 0) is 80.9 Å². The number of anilines is 1. The number of ether oxygens (including phenoxy) is 1. The van der Waals surface area contributed by atoms with Crippen molar-refractivity contribution in [2.24, 2.45) is 0 Å². The lowest BCUT2D eigenvalue weighted by molar-refractivity contribution is 0.102. The van der Waals surface area contributed by atoms with Gasteiger partial charge in [-0.15, -0.1) is 0 Å². The van der Waals surface area contributed by atoms with Crippen molar-refractivity contribution in [3.8, 4) is 5.75 Å². The lowest BCUT2D eigenvalue weighted by Crippen LogP contribution is -2.37. The number of amides is 1. The van der Waals surface area contributed by atoms with Crippen molar-refractivity contribution in [2.75, 3.05) is 25.0 Å². The molecule has 0 spiro atoms. The van der Waals surface area contributed by atoms with Gasteiger partial charge >= 0.3 is 0 Å². The zero-order chi connectivity index (χ0) is 22.3. The Balaban J connectivity index is 1.40. The SMILES string of the molecule is Cc1ccn(C2CCNCC2)c(=O)c1C(=O)Nc1ccc(OCCc2ccccn2)cc1. The molecule has 166 valence electrons. The normalized spacial score (nSPS) is 14.2. The van der Waals surface area contributed by atoms with E-state index in [1.54, 1.807) is 42.0 Å². The molecule has 0 aliphatic carbocycles. The molecular formula is C25H28N4O3. The molecular weight excluding hydrogens is 404 g/mol. The van der Waals surface area contributed by atoms with Gasteiger partial charge in [0.05, 0.1) is 6.61 Å². The lowest BCUT2D eigenvalue weighted by Gasteiger charge is -2.25. The van der Waals surface area contributed by atoms with E-state index in [0.29, 0.717) is 23.6 Å². The van der Waals surface area contributed by atoms with E-state index in [9.17, 15) is 9.59 Å². The predicted octanol–water partition coefficient (Wildman–Crippen LogP) is 3.35. The van der Waals surface area contributed by atoms with Crippen molar-refractivity contribution in [3.05, 3.63) is 88.1 Å². The largest absolute Gasteiger partial charge is 0.493 e. The molecule has 3 aromatic rings. The minimum Gasteiger partial charge on any atom is -0.493 e. The summed E-state index contributed by atoms with van der Waals surface area (Å²) >= 11 is 0. The smallest absolute Gasteiger partial charge is 0.263 e.